The highest BCUT2D eigenvalue weighted by molar-refractivity contribution is 7.98. The number of thiazole rings is 1. The van der Waals surface area contributed by atoms with E-state index in [1.165, 1.54) is 23.5 Å². The molecule has 6 aromatic rings. The van der Waals surface area contributed by atoms with Crippen molar-refractivity contribution in [3.05, 3.63) is 91.5 Å². The summed E-state index contributed by atoms with van der Waals surface area (Å²) in [6, 6.07) is 12.4. The summed E-state index contributed by atoms with van der Waals surface area (Å²) >= 11 is 10.00. The van der Waals surface area contributed by atoms with Gasteiger partial charge in [-0.05, 0) is 93.3 Å². The molecule has 3 aromatic heterocycles. The van der Waals surface area contributed by atoms with Crippen LogP contribution in [-0.4, -0.2) is 42.1 Å². The third-order valence-corrected chi connectivity index (χ3v) is 11.9. The molecular weight excluding hydrogens is 683 g/mol. The molecule has 1 aliphatic heterocycles. The molecule has 0 aliphatic carbocycles. The van der Waals surface area contributed by atoms with Crippen molar-refractivity contribution in [2.45, 2.75) is 69.8 Å². The lowest BCUT2D eigenvalue weighted by Gasteiger charge is -2.16. The number of nitrogens with zero attached hydrogens (tertiary/aromatic N) is 4. The number of ether oxygens (including phenoxy) is 1. The Morgan fingerprint density at radius 1 is 1.10 bits per heavy atom. The molecule has 12 heteroatoms. The Bertz CT molecular complexity index is 2240. The van der Waals surface area contributed by atoms with Gasteiger partial charge in [-0.1, -0.05) is 17.7 Å². The van der Waals surface area contributed by atoms with Crippen molar-refractivity contribution in [2.75, 3.05) is 6.61 Å². The molecule has 3 aromatic carbocycles. The number of aliphatic hydroxyl groups is 1. The number of aromatic nitrogens is 4. The Balaban J connectivity index is 1.17. The number of hydrogen-bond acceptors (Lipinski definition) is 7. The Morgan fingerprint density at radius 3 is 2.69 bits per heavy atom. The molecule has 49 heavy (non-hydrogen) atoms. The topological polar surface area (TPSA) is 102 Å². The lowest BCUT2D eigenvalue weighted by molar-refractivity contribution is 0.0685. The first-order valence-electron chi connectivity index (χ1n) is 16.3. The molecule has 8 nitrogen and oxygen atoms in total. The van der Waals surface area contributed by atoms with Crippen molar-refractivity contribution >= 4 is 62.3 Å². The van der Waals surface area contributed by atoms with E-state index in [-0.39, 0.29) is 18.1 Å². The number of halogens is 2. The quantitative estimate of drug-likeness (QED) is 0.102. The minimum atomic E-state index is -0.995. The minimum Gasteiger partial charge on any atom is -0.493 e. The van der Waals surface area contributed by atoms with Gasteiger partial charge in [0, 0.05) is 56.7 Å². The summed E-state index contributed by atoms with van der Waals surface area (Å²) < 4.78 is 24.5. The van der Waals surface area contributed by atoms with Crippen LogP contribution in [0.2, 0.25) is 5.02 Å². The number of hydrogen-bond donors (Lipinski definition) is 2. The predicted octanol–water partition coefficient (Wildman–Crippen LogP) is 8.89. The molecule has 0 bridgehead atoms. The first-order valence-corrected chi connectivity index (χ1v) is 18.5. The van der Waals surface area contributed by atoms with Crippen molar-refractivity contribution in [3.63, 3.8) is 0 Å². The van der Waals surface area contributed by atoms with E-state index in [9.17, 15) is 19.4 Å². The van der Waals surface area contributed by atoms with E-state index < -0.39 is 5.97 Å². The fraction of sp³-hybridized carbons (Fsp3) is 0.324. The SMILES string of the molecule is Cc1nc(CO)sc1CSc1cc(OCCCc2c(C(=O)O)n(C)c3c(-c4c(C)nn5c4CCCC5)c(Cl)ccc23)c2ccc(F)cc2c1. The Hall–Kier alpha value is -3.90. The Kier molecular flexibility index (Phi) is 9.45. The molecule has 254 valence electrons. The van der Waals surface area contributed by atoms with Gasteiger partial charge in [0.1, 0.15) is 22.3 Å². The lowest BCUT2D eigenvalue weighted by atomic mass is 9.95. The first kappa shape index (κ1) is 33.6. The summed E-state index contributed by atoms with van der Waals surface area (Å²) in [5.41, 5.74) is 6.55. The van der Waals surface area contributed by atoms with E-state index in [0.717, 1.165) is 91.0 Å². The smallest absolute Gasteiger partial charge is 0.352 e. The third-order valence-electron chi connectivity index (χ3n) is 9.25. The van der Waals surface area contributed by atoms with E-state index >= 15 is 0 Å². The van der Waals surface area contributed by atoms with Gasteiger partial charge in [-0.3, -0.25) is 4.68 Å². The maximum Gasteiger partial charge on any atom is 0.352 e. The maximum atomic E-state index is 14.3. The molecule has 2 N–H and O–H groups in total. The van der Waals surface area contributed by atoms with Crippen LogP contribution in [0.15, 0.2) is 47.4 Å². The minimum absolute atomic E-state index is 0.0860. The van der Waals surface area contributed by atoms with E-state index in [4.69, 9.17) is 21.4 Å². The summed E-state index contributed by atoms with van der Waals surface area (Å²) in [6.07, 6.45) is 4.10. The number of aliphatic hydroxyl groups excluding tert-OH is 1. The van der Waals surface area contributed by atoms with Crippen LogP contribution in [0.5, 0.6) is 5.75 Å². The number of thioether (sulfide) groups is 1. The van der Waals surface area contributed by atoms with Crippen LogP contribution in [0.3, 0.4) is 0 Å². The van der Waals surface area contributed by atoms with Gasteiger partial charge in [-0.25, -0.2) is 14.2 Å². The number of aryl methyl sites for hydroxylation is 5. The maximum absolute atomic E-state index is 14.3. The average Bonchev–Trinajstić information content (AvgIpc) is 3.71. The van der Waals surface area contributed by atoms with Crippen LogP contribution in [0.25, 0.3) is 32.8 Å². The van der Waals surface area contributed by atoms with Crippen molar-refractivity contribution in [3.8, 4) is 16.9 Å². The van der Waals surface area contributed by atoms with Crippen LogP contribution in [0.4, 0.5) is 4.39 Å². The van der Waals surface area contributed by atoms with Crippen LogP contribution < -0.4 is 4.74 Å². The molecular formula is C37H36ClFN4O4S2. The van der Waals surface area contributed by atoms with Crippen molar-refractivity contribution in [1.29, 1.82) is 0 Å². The Labute approximate surface area is 296 Å². The molecule has 0 fully saturated rings. The zero-order chi connectivity index (χ0) is 34.4. The van der Waals surface area contributed by atoms with E-state index in [0.29, 0.717) is 41.0 Å². The predicted molar refractivity (Wildman–Crippen MR) is 194 cm³/mol. The van der Waals surface area contributed by atoms with Gasteiger partial charge >= 0.3 is 5.97 Å². The van der Waals surface area contributed by atoms with E-state index in [1.807, 2.05) is 38.1 Å². The van der Waals surface area contributed by atoms with Crippen molar-refractivity contribution in [2.24, 2.45) is 7.05 Å². The molecule has 4 heterocycles. The van der Waals surface area contributed by atoms with Crippen LogP contribution >= 0.6 is 34.7 Å². The first-order chi connectivity index (χ1) is 23.6. The standard InChI is InChI=1S/C37H36ClFN4O4S2/c1-20-31(49-32(18-44)40-20)19-48-24-16-22-15-23(39)9-10-25(22)30(17-24)47-14-6-7-26-27-11-12-28(38)34(35(27)42(3)36(26)37(45)46)33-21(2)41-43-13-5-4-8-29(33)43/h9-12,15-17,44H,4-8,13-14,18-19H2,1-3H3,(H,45,46). The van der Waals surface area contributed by atoms with E-state index in [1.54, 1.807) is 29.4 Å². The molecule has 0 spiro atoms. The summed E-state index contributed by atoms with van der Waals surface area (Å²) in [6.45, 7) is 5.04. The second-order valence-corrected chi connectivity index (χ2v) is 15.0. The monoisotopic (exact) mass is 718 g/mol. The zero-order valence-electron chi connectivity index (χ0n) is 27.5. The van der Waals surface area contributed by atoms with Gasteiger partial charge in [0.2, 0.25) is 0 Å². The van der Waals surface area contributed by atoms with Crippen LogP contribution in [-0.2, 0) is 38.8 Å². The fourth-order valence-corrected chi connectivity index (χ4v) is 9.35. The number of carboxylic acid groups (broad SMARTS) is 1. The van der Waals surface area contributed by atoms with Gasteiger partial charge in [-0.15, -0.1) is 23.1 Å². The molecule has 7 rings (SSSR count). The average molecular weight is 719 g/mol. The molecule has 0 amide bonds. The van der Waals surface area contributed by atoms with Crippen LogP contribution in [0, 0.1) is 19.7 Å². The normalized spacial score (nSPS) is 13.0. The fourth-order valence-electron chi connectivity index (χ4n) is 7.06. The number of fused-ring (bicyclic) bond motifs is 3. The molecule has 0 atom stereocenters. The summed E-state index contributed by atoms with van der Waals surface area (Å²) in [5, 5.41) is 28.3. The second kappa shape index (κ2) is 13.8. The highest BCUT2D eigenvalue weighted by atomic mass is 35.5. The summed E-state index contributed by atoms with van der Waals surface area (Å²) in [7, 11) is 1.80. The van der Waals surface area contributed by atoms with E-state index in [2.05, 4.69) is 9.67 Å². The van der Waals surface area contributed by atoms with Gasteiger partial charge in [-0.2, -0.15) is 5.10 Å². The van der Waals surface area contributed by atoms with Crippen molar-refractivity contribution in [1.82, 2.24) is 19.3 Å². The lowest BCUT2D eigenvalue weighted by Crippen LogP contribution is -2.11. The van der Waals surface area contributed by atoms with Gasteiger partial charge < -0.3 is 19.5 Å². The molecule has 0 saturated carbocycles. The van der Waals surface area contributed by atoms with Crippen LogP contribution in [0.1, 0.15) is 62.3 Å². The number of carbonyl (C=O) groups is 1. The number of rotatable bonds is 11. The zero-order valence-corrected chi connectivity index (χ0v) is 29.9. The summed E-state index contributed by atoms with van der Waals surface area (Å²) in [5.74, 6) is -0.0132. The Morgan fingerprint density at radius 2 is 1.92 bits per heavy atom. The number of aromatic carboxylic acids is 1. The van der Waals surface area contributed by atoms with Gasteiger partial charge in [0.05, 0.1) is 35.1 Å². The largest absolute Gasteiger partial charge is 0.493 e. The highest BCUT2D eigenvalue weighted by Crippen LogP contribution is 2.43. The molecule has 0 unspecified atom stereocenters. The highest BCUT2D eigenvalue weighted by Gasteiger charge is 2.28. The van der Waals surface area contributed by atoms with Gasteiger partial charge in [0.15, 0.2) is 0 Å². The third kappa shape index (κ3) is 6.33. The van der Waals surface area contributed by atoms with Gasteiger partial charge in [0.25, 0.3) is 0 Å². The molecule has 0 radical (unpaired) electrons. The molecule has 0 saturated heterocycles. The number of carboxylic acids is 1. The second-order valence-electron chi connectivity index (χ2n) is 12.4. The van der Waals surface area contributed by atoms with Crippen molar-refractivity contribution < 1.29 is 24.1 Å². The number of benzene rings is 3. The summed E-state index contributed by atoms with van der Waals surface area (Å²) in [4.78, 5) is 19.1. The molecule has 1 aliphatic rings.